The predicted molar refractivity (Wildman–Crippen MR) is 127 cm³/mol. The molecule has 0 radical (unpaired) electrons. The van der Waals surface area contributed by atoms with Gasteiger partial charge in [-0.1, -0.05) is 38.1 Å². The van der Waals surface area contributed by atoms with Crippen molar-refractivity contribution in [3.8, 4) is 0 Å². The molecule has 34 heavy (non-hydrogen) atoms. The van der Waals surface area contributed by atoms with Crippen molar-refractivity contribution < 1.29 is 18.5 Å². The van der Waals surface area contributed by atoms with Crippen molar-refractivity contribution in [1.82, 2.24) is 10.1 Å². The highest BCUT2D eigenvalue weighted by molar-refractivity contribution is 5.85. The quantitative estimate of drug-likeness (QED) is 0.416. The van der Waals surface area contributed by atoms with Crippen molar-refractivity contribution >= 4 is 11.6 Å². The van der Waals surface area contributed by atoms with Gasteiger partial charge in [0.2, 0.25) is 0 Å². The summed E-state index contributed by atoms with van der Waals surface area (Å²) >= 11 is 0. The monoisotopic (exact) mass is 462 g/mol. The Morgan fingerprint density at radius 1 is 1.00 bits per heavy atom. The molecular formula is C28H31FN2O3. The van der Waals surface area contributed by atoms with E-state index in [-0.39, 0.29) is 41.6 Å². The number of benzene rings is 1. The van der Waals surface area contributed by atoms with Gasteiger partial charge in [0.05, 0.1) is 12.1 Å². The van der Waals surface area contributed by atoms with E-state index in [0.717, 1.165) is 41.8 Å². The molecule has 6 heteroatoms. The second-order valence-corrected chi connectivity index (χ2v) is 10.3. The number of rotatable bonds is 10. The molecule has 0 atom stereocenters. The zero-order valence-electron chi connectivity index (χ0n) is 20.1. The molecule has 2 heterocycles. The van der Waals surface area contributed by atoms with Crippen LogP contribution in [0, 0.1) is 11.7 Å². The lowest BCUT2D eigenvalue weighted by Gasteiger charge is -2.12. The maximum Gasteiger partial charge on any atom is 0.145 e. The van der Waals surface area contributed by atoms with E-state index >= 15 is 0 Å². The average molecular weight is 463 g/mol. The van der Waals surface area contributed by atoms with Gasteiger partial charge in [-0.25, -0.2) is 4.39 Å². The summed E-state index contributed by atoms with van der Waals surface area (Å²) < 4.78 is 20.0. The minimum Gasteiger partial charge on any atom is -0.361 e. The molecule has 1 saturated carbocycles. The number of hydrogen-bond donors (Lipinski definition) is 0. The summed E-state index contributed by atoms with van der Waals surface area (Å²) in [6, 6.07) is 10.8. The molecule has 3 aromatic rings. The fraction of sp³-hybridized carbons (Fsp3) is 0.429. The smallest absolute Gasteiger partial charge is 0.145 e. The molecule has 1 aromatic carbocycles. The molecule has 0 saturated heterocycles. The number of halogens is 1. The van der Waals surface area contributed by atoms with Gasteiger partial charge in [-0.05, 0) is 60.6 Å². The Labute approximate surface area is 199 Å². The number of nitrogens with zero attached hydrogens (tertiary/aromatic N) is 2. The van der Waals surface area contributed by atoms with Crippen LogP contribution in [0.15, 0.2) is 47.1 Å². The number of Topliss-reactive ketones (excluding diaryl/α,β-unsaturated/α-hetero) is 2. The third-order valence-corrected chi connectivity index (χ3v) is 6.18. The number of pyridine rings is 1. The number of ketones is 2. The predicted octanol–water partition coefficient (Wildman–Crippen LogP) is 5.17. The summed E-state index contributed by atoms with van der Waals surface area (Å²) in [5.74, 6) is 0.519. The number of aromatic nitrogens is 2. The highest BCUT2D eigenvalue weighted by atomic mass is 19.1. The third kappa shape index (κ3) is 6.46. The number of hydrogen-bond acceptors (Lipinski definition) is 5. The summed E-state index contributed by atoms with van der Waals surface area (Å²) in [6.07, 6.45) is 5.64. The van der Waals surface area contributed by atoms with Crippen LogP contribution in [0.4, 0.5) is 4.39 Å². The Bertz CT molecular complexity index is 1190. The lowest BCUT2D eigenvalue weighted by atomic mass is 9.92. The van der Waals surface area contributed by atoms with Gasteiger partial charge < -0.3 is 4.52 Å². The molecule has 5 nitrogen and oxygen atoms in total. The molecule has 2 aromatic heterocycles. The largest absolute Gasteiger partial charge is 0.361 e. The van der Waals surface area contributed by atoms with Crippen LogP contribution >= 0.6 is 0 Å². The zero-order chi connectivity index (χ0) is 24.3. The Morgan fingerprint density at radius 3 is 2.38 bits per heavy atom. The van der Waals surface area contributed by atoms with E-state index in [9.17, 15) is 14.0 Å². The van der Waals surface area contributed by atoms with Gasteiger partial charge in [-0.15, -0.1) is 0 Å². The van der Waals surface area contributed by atoms with Crippen molar-refractivity contribution in [3.63, 3.8) is 0 Å². The van der Waals surface area contributed by atoms with Crippen LogP contribution in [0.25, 0.3) is 0 Å². The number of carbonyl (C=O) groups is 2. The second kappa shape index (κ2) is 10.00. The minimum atomic E-state index is -0.371. The Kier molecular flexibility index (Phi) is 7.05. The molecule has 0 bridgehead atoms. The second-order valence-electron chi connectivity index (χ2n) is 10.3. The van der Waals surface area contributed by atoms with Crippen molar-refractivity contribution in [2.24, 2.45) is 5.92 Å². The van der Waals surface area contributed by atoms with Crippen LogP contribution in [-0.2, 0) is 47.1 Å². The van der Waals surface area contributed by atoms with E-state index in [1.807, 2.05) is 39.0 Å². The maximum atomic E-state index is 14.7. The first-order valence-electron chi connectivity index (χ1n) is 11.9. The SMILES string of the molecule is CC(C)(C)c1cc(CC(=O)Cc2ccc(CCc3ccnc(CC(=O)C4CC4)c3)cc2F)on1. The molecule has 0 spiro atoms. The van der Waals surface area contributed by atoms with Gasteiger partial charge in [0, 0.05) is 42.1 Å². The average Bonchev–Trinajstić information content (AvgIpc) is 3.52. The van der Waals surface area contributed by atoms with Crippen molar-refractivity contribution in [2.45, 2.75) is 71.1 Å². The Balaban J connectivity index is 1.31. The van der Waals surface area contributed by atoms with Gasteiger partial charge in [0.1, 0.15) is 23.1 Å². The van der Waals surface area contributed by atoms with Crippen LogP contribution < -0.4 is 0 Å². The van der Waals surface area contributed by atoms with E-state index in [2.05, 4.69) is 10.1 Å². The molecule has 0 N–H and O–H groups in total. The number of aryl methyl sites for hydroxylation is 2. The van der Waals surface area contributed by atoms with Crippen molar-refractivity contribution in [1.29, 1.82) is 0 Å². The Hall–Kier alpha value is -3.15. The molecule has 1 aliphatic carbocycles. The summed E-state index contributed by atoms with van der Waals surface area (Å²) in [4.78, 5) is 28.8. The van der Waals surface area contributed by atoms with Gasteiger partial charge in [0.25, 0.3) is 0 Å². The summed E-state index contributed by atoms with van der Waals surface area (Å²) in [6.45, 7) is 6.07. The fourth-order valence-electron chi connectivity index (χ4n) is 3.91. The fourth-order valence-corrected chi connectivity index (χ4v) is 3.91. The first-order valence-corrected chi connectivity index (χ1v) is 11.9. The van der Waals surface area contributed by atoms with Crippen LogP contribution in [0.1, 0.15) is 67.5 Å². The lowest BCUT2D eigenvalue weighted by Crippen LogP contribution is -2.11. The van der Waals surface area contributed by atoms with Crippen molar-refractivity contribution in [3.05, 3.63) is 82.3 Å². The van der Waals surface area contributed by atoms with Crippen LogP contribution in [0.3, 0.4) is 0 Å². The lowest BCUT2D eigenvalue weighted by molar-refractivity contribution is -0.120. The highest BCUT2D eigenvalue weighted by Gasteiger charge is 2.29. The zero-order valence-corrected chi connectivity index (χ0v) is 20.1. The van der Waals surface area contributed by atoms with Gasteiger partial charge in [-0.2, -0.15) is 0 Å². The molecule has 1 aliphatic rings. The standard InChI is InChI=1S/C28H31FN2O3/c1-28(2,3)27-17-24(34-31-27)16-23(32)14-21-7-6-18(13-25(21)29)4-5-19-10-11-30-22(12-19)15-26(33)20-8-9-20/h6-7,10-13,17,20H,4-5,8-9,14-16H2,1-3H3. The summed E-state index contributed by atoms with van der Waals surface area (Å²) in [7, 11) is 0. The van der Waals surface area contributed by atoms with E-state index in [0.29, 0.717) is 24.2 Å². The van der Waals surface area contributed by atoms with E-state index in [1.54, 1.807) is 18.3 Å². The topological polar surface area (TPSA) is 73.1 Å². The van der Waals surface area contributed by atoms with E-state index in [1.165, 1.54) is 6.07 Å². The van der Waals surface area contributed by atoms with Crippen LogP contribution in [0.2, 0.25) is 0 Å². The van der Waals surface area contributed by atoms with Crippen LogP contribution in [-0.4, -0.2) is 21.7 Å². The molecule has 1 fully saturated rings. The van der Waals surface area contributed by atoms with Crippen molar-refractivity contribution in [2.75, 3.05) is 0 Å². The normalized spacial score (nSPS) is 13.8. The van der Waals surface area contributed by atoms with Crippen LogP contribution in [0.5, 0.6) is 0 Å². The molecule has 4 rings (SSSR count). The minimum absolute atomic E-state index is 0.0143. The summed E-state index contributed by atoms with van der Waals surface area (Å²) in [5, 5.41) is 4.03. The summed E-state index contributed by atoms with van der Waals surface area (Å²) in [5.41, 5.74) is 3.77. The number of carbonyl (C=O) groups excluding carboxylic acids is 2. The van der Waals surface area contributed by atoms with Gasteiger partial charge in [0.15, 0.2) is 0 Å². The highest BCUT2D eigenvalue weighted by Crippen LogP contribution is 2.30. The van der Waals surface area contributed by atoms with Gasteiger partial charge in [-0.3, -0.25) is 14.6 Å². The molecule has 0 amide bonds. The molecule has 178 valence electrons. The maximum absolute atomic E-state index is 14.7. The third-order valence-electron chi connectivity index (χ3n) is 6.18. The molecule has 0 aliphatic heterocycles. The molecule has 0 unspecified atom stereocenters. The van der Waals surface area contributed by atoms with Gasteiger partial charge >= 0.3 is 0 Å². The molecular weight excluding hydrogens is 431 g/mol. The first-order chi connectivity index (χ1) is 16.2. The first kappa shape index (κ1) is 24.0. The Morgan fingerprint density at radius 2 is 1.74 bits per heavy atom. The van der Waals surface area contributed by atoms with E-state index in [4.69, 9.17) is 4.52 Å². The van der Waals surface area contributed by atoms with E-state index < -0.39 is 0 Å².